The minimum absolute atomic E-state index is 0.0135. The number of aliphatic hydroxyl groups is 1. The van der Waals surface area contributed by atoms with Crippen LogP contribution in [0.1, 0.15) is 5.56 Å². The van der Waals surface area contributed by atoms with E-state index in [0.29, 0.717) is 0 Å². The molecule has 0 saturated carbocycles. The summed E-state index contributed by atoms with van der Waals surface area (Å²) in [6, 6.07) is 5.80. The second-order valence-corrected chi connectivity index (χ2v) is 5.16. The van der Waals surface area contributed by atoms with Crippen molar-refractivity contribution in [2.45, 2.75) is 16.7 Å². The van der Waals surface area contributed by atoms with Crippen molar-refractivity contribution in [3.63, 3.8) is 0 Å². The third-order valence-electron chi connectivity index (χ3n) is 2.06. The van der Waals surface area contributed by atoms with E-state index in [1.807, 2.05) is 29.8 Å². The molecule has 0 bridgehead atoms. The minimum Gasteiger partial charge on any atom is -0.392 e. The Kier molecular flexibility index (Phi) is 3.63. The lowest BCUT2D eigenvalue weighted by atomic mass is 10.2. The van der Waals surface area contributed by atoms with Gasteiger partial charge in [-0.2, -0.15) is 0 Å². The molecule has 0 saturated heterocycles. The molecule has 1 aromatic heterocycles. The summed E-state index contributed by atoms with van der Waals surface area (Å²) in [5, 5.41) is 17.9. The van der Waals surface area contributed by atoms with Crippen LogP contribution < -0.4 is 0 Å². The molecule has 0 amide bonds. The predicted octanol–water partition coefficient (Wildman–Crippen LogP) is 2.22. The molecule has 0 aliphatic rings. The van der Waals surface area contributed by atoms with Crippen LogP contribution in [-0.2, 0) is 13.7 Å². The van der Waals surface area contributed by atoms with Gasteiger partial charge in [0.1, 0.15) is 6.33 Å². The molecular formula is C10H10BrN3OS. The van der Waals surface area contributed by atoms with Crippen molar-refractivity contribution in [1.29, 1.82) is 0 Å². The molecule has 0 atom stereocenters. The van der Waals surface area contributed by atoms with Gasteiger partial charge in [-0.25, -0.2) is 0 Å². The standard InChI is InChI=1S/C10H10BrN3OS/c1-14-6-12-13-10(14)16-9-3-2-8(11)4-7(9)5-15/h2-4,6,15H,5H2,1H3. The van der Waals surface area contributed by atoms with Crippen molar-refractivity contribution >= 4 is 27.7 Å². The fourth-order valence-corrected chi connectivity index (χ4v) is 2.51. The molecule has 0 aliphatic heterocycles. The van der Waals surface area contributed by atoms with E-state index in [2.05, 4.69) is 26.1 Å². The van der Waals surface area contributed by atoms with Gasteiger partial charge in [0, 0.05) is 16.4 Å². The van der Waals surface area contributed by atoms with E-state index in [9.17, 15) is 5.11 Å². The fraction of sp³-hybridized carbons (Fsp3) is 0.200. The first-order valence-corrected chi connectivity index (χ1v) is 6.23. The van der Waals surface area contributed by atoms with Crippen LogP contribution in [0.25, 0.3) is 0 Å². The number of nitrogens with zero attached hydrogens (tertiary/aromatic N) is 3. The Morgan fingerprint density at radius 1 is 1.50 bits per heavy atom. The summed E-state index contributed by atoms with van der Waals surface area (Å²) in [6.07, 6.45) is 1.65. The lowest BCUT2D eigenvalue weighted by Gasteiger charge is -2.06. The second kappa shape index (κ2) is 4.99. The maximum absolute atomic E-state index is 9.26. The number of hydrogen-bond acceptors (Lipinski definition) is 4. The first-order chi connectivity index (χ1) is 7.70. The topological polar surface area (TPSA) is 50.9 Å². The lowest BCUT2D eigenvalue weighted by Crippen LogP contribution is -1.92. The normalized spacial score (nSPS) is 10.7. The van der Waals surface area contributed by atoms with Gasteiger partial charge in [-0.3, -0.25) is 0 Å². The SMILES string of the molecule is Cn1cnnc1Sc1ccc(Br)cc1CO. The summed E-state index contributed by atoms with van der Waals surface area (Å²) >= 11 is 4.87. The smallest absolute Gasteiger partial charge is 0.195 e. The summed E-state index contributed by atoms with van der Waals surface area (Å²) < 4.78 is 2.80. The Hall–Kier alpha value is -0.850. The van der Waals surface area contributed by atoms with Crippen molar-refractivity contribution in [3.8, 4) is 0 Å². The third kappa shape index (κ3) is 2.45. The Bertz CT molecular complexity index is 501. The van der Waals surface area contributed by atoms with E-state index in [1.54, 1.807) is 6.33 Å². The number of aromatic nitrogens is 3. The van der Waals surface area contributed by atoms with Crippen molar-refractivity contribution in [2.24, 2.45) is 7.05 Å². The molecule has 84 valence electrons. The van der Waals surface area contributed by atoms with Crippen LogP contribution in [0.15, 0.2) is 39.1 Å². The molecule has 0 aliphatic carbocycles. The van der Waals surface area contributed by atoms with Crippen molar-refractivity contribution < 1.29 is 5.11 Å². The van der Waals surface area contributed by atoms with Crippen molar-refractivity contribution in [3.05, 3.63) is 34.6 Å². The molecule has 2 rings (SSSR count). The number of rotatable bonds is 3. The predicted molar refractivity (Wildman–Crippen MR) is 65.2 cm³/mol. The summed E-state index contributed by atoms with van der Waals surface area (Å²) in [5.74, 6) is 0. The molecule has 1 heterocycles. The van der Waals surface area contributed by atoms with Gasteiger partial charge in [0.2, 0.25) is 0 Å². The maximum Gasteiger partial charge on any atom is 0.195 e. The van der Waals surface area contributed by atoms with Crippen LogP contribution in [0.5, 0.6) is 0 Å². The van der Waals surface area contributed by atoms with Crippen molar-refractivity contribution in [1.82, 2.24) is 14.8 Å². The summed E-state index contributed by atoms with van der Waals surface area (Å²) in [4.78, 5) is 0.988. The Balaban J connectivity index is 2.31. The molecule has 0 unspecified atom stereocenters. The van der Waals surface area contributed by atoms with Gasteiger partial charge in [-0.1, -0.05) is 15.9 Å². The zero-order chi connectivity index (χ0) is 11.5. The molecule has 4 nitrogen and oxygen atoms in total. The number of halogens is 1. The van der Waals surface area contributed by atoms with Gasteiger partial charge in [0.25, 0.3) is 0 Å². The van der Waals surface area contributed by atoms with Crippen LogP contribution >= 0.6 is 27.7 Å². The van der Waals surface area contributed by atoms with Crippen molar-refractivity contribution in [2.75, 3.05) is 0 Å². The first kappa shape index (κ1) is 11.6. The van der Waals surface area contributed by atoms with E-state index in [0.717, 1.165) is 20.1 Å². The first-order valence-electron chi connectivity index (χ1n) is 4.62. The average Bonchev–Trinajstić information content (AvgIpc) is 2.67. The van der Waals surface area contributed by atoms with Gasteiger partial charge in [0.15, 0.2) is 5.16 Å². The highest BCUT2D eigenvalue weighted by atomic mass is 79.9. The Morgan fingerprint density at radius 3 is 2.94 bits per heavy atom. The molecule has 0 spiro atoms. The molecule has 6 heteroatoms. The summed E-state index contributed by atoms with van der Waals surface area (Å²) in [7, 11) is 1.89. The zero-order valence-electron chi connectivity index (χ0n) is 8.59. The largest absolute Gasteiger partial charge is 0.392 e. The Morgan fingerprint density at radius 2 is 2.31 bits per heavy atom. The number of hydrogen-bond donors (Lipinski definition) is 1. The zero-order valence-corrected chi connectivity index (χ0v) is 11.0. The lowest BCUT2D eigenvalue weighted by molar-refractivity contribution is 0.279. The highest BCUT2D eigenvalue weighted by Crippen LogP contribution is 2.30. The number of benzene rings is 1. The van der Waals surface area contributed by atoms with Gasteiger partial charge in [0.05, 0.1) is 6.61 Å². The van der Waals surface area contributed by atoms with Crippen LogP contribution in [0.3, 0.4) is 0 Å². The summed E-state index contributed by atoms with van der Waals surface area (Å²) in [6.45, 7) is 0.0135. The Labute approximate surface area is 106 Å². The van der Waals surface area contributed by atoms with Gasteiger partial charge in [-0.05, 0) is 35.5 Å². The van der Waals surface area contributed by atoms with E-state index in [1.165, 1.54) is 11.8 Å². The third-order valence-corrected chi connectivity index (χ3v) is 3.73. The van der Waals surface area contributed by atoms with E-state index < -0.39 is 0 Å². The number of aryl methyl sites for hydroxylation is 1. The molecule has 1 aromatic carbocycles. The van der Waals surface area contributed by atoms with E-state index >= 15 is 0 Å². The quantitative estimate of drug-likeness (QED) is 0.944. The van der Waals surface area contributed by atoms with E-state index in [4.69, 9.17) is 0 Å². The summed E-state index contributed by atoms with van der Waals surface area (Å²) in [5.41, 5.74) is 0.877. The molecule has 0 fully saturated rings. The van der Waals surface area contributed by atoms with Crippen LogP contribution in [0.4, 0.5) is 0 Å². The van der Waals surface area contributed by atoms with E-state index in [-0.39, 0.29) is 6.61 Å². The average molecular weight is 300 g/mol. The fourth-order valence-electron chi connectivity index (χ4n) is 1.23. The van der Waals surface area contributed by atoms with Crippen LogP contribution in [-0.4, -0.2) is 19.9 Å². The molecule has 2 aromatic rings. The minimum atomic E-state index is 0.0135. The second-order valence-electron chi connectivity index (χ2n) is 3.24. The number of aliphatic hydroxyl groups excluding tert-OH is 1. The molecule has 16 heavy (non-hydrogen) atoms. The molecular weight excluding hydrogens is 290 g/mol. The highest BCUT2D eigenvalue weighted by Gasteiger charge is 2.08. The molecule has 1 N–H and O–H groups in total. The van der Waals surface area contributed by atoms with Gasteiger partial charge in [-0.15, -0.1) is 10.2 Å². The van der Waals surface area contributed by atoms with Gasteiger partial charge >= 0.3 is 0 Å². The van der Waals surface area contributed by atoms with Crippen LogP contribution in [0.2, 0.25) is 0 Å². The van der Waals surface area contributed by atoms with Crippen LogP contribution in [0, 0.1) is 0 Å². The monoisotopic (exact) mass is 299 g/mol. The maximum atomic E-state index is 9.26. The molecule has 0 radical (unpaired) electrons. The van der Waals surface area contributed by atoms with Gasteiger partial charge < -0.3 is 9.67 Å². The highest BCUT2D eigenvalue weighted by molar-refractivity contribution is 9.10.